The average Bonchev–Trinajstić information content (AvgIpc) is 2.29. The molecule has 0 aliphatic heterocycles. The molecule has 3 N–H and O–H groups in total. The number of phenols is 1. The van der Waals surface area contributed by atoms with E-state index in [1.54, 1.807) is 36.6 Å². The summed E-state index contributed by atoms with van der Waals surface area (Å²) in [4.78, 5) is 0. The molecule has 0 fully saturated rings. The number of aromatic hydroxyl groups is 1. The summed E-state index contributed by atoms with van der Waals surface area (Å²) in [6, 6.07) is 6.69. The quantitative estimate of drug-likeness (QED) is 0.319. The Hall–Kier alpha value is -1.88. The molecule has 1 aromatic rings. The van der Waals surface area contributed by atoms with Crippen molar-refractivity contribution in [3.63, 3.8) is 0 Å². The topological polar surface area (TPSA) is 56.7 Å². The highest BCUT2D eigenvalue weighted by molar-refractivity contribution is 7.80. The third-order valence-electron chi connectivity index (χ3n) is 1.68. The van der Waals surface area contributed by atoms with E-state index in [9.17, 15) is 0 Å². The van der Waals surface area contributed by atoms with E-state index in [-0.39, 0.29) is 5.75 Å². The van der Waals surface area contributed by atoms with E-state index in [1.807, 2.05) is 0 Å². The van der Waals surface area contributed by atoms with Crippen LogP contribution < -0.4 is 10.7 Å². The van der Waals surface area contributed by atoms with E-state index in [4.69, 9.17) is 17.3 Å². The van der Waals surface area contributed by atoms with E-state index in [0.29, 0.717) is 11.7 Å². The largest absolute Gasteiger partial charge is 0.508 e. The molecule has 0 atom stereocenters. The van der Waals surface area contributed by atoms with Crippen LogP contribution in [0, 0.1) is 0 Å². The molecular weight excluding hydrogens is 222 g/mol. The van der Waals surface area contributed by atoms with E-state index >= 15 is 0 Å². The minimum atomic E-state index is 0.230. The molecule has 0 bridgehead atoms. The standard InChI is InChI=1S/C11H13N3OS/c1-2-7-12-11(16)14-13-8-9-3-5-10(15)6-4-9/h2-6,8,15H,1,7H2,(H2,12,14,16)/b13-8-. The van der Waals surface area contributed by atoms with Crippen molar-refractivity contribution < 1.29 is 5.11 Å². The zero-order valence-corrected chi connectivity index (χ0v) is 9.50. The van der Waals surface area contributed by atoms with Crippen molar-refractivity contribution in [3.8, 4) is 5.75 Å². The van der Waals surface area contributed by atoms with Crippen molar-refractivity contribution in [2.45, 2.75) is 0 Å². The van der Waals surface area contributed by atoms with Gasteiger partial charge in [-0.15, -0.1) is 6.58 Å². The summed E-state index contributed by atoms with van der Waals surface area (Å²) in [5, 5.41) is 16.3. The lowest BCUT2D eigenvalue weighted by Crippen LogP contribution is -2.31. The van der Waals surface area contributed by atoms with Crippen LogP contribution in [-0.4, -0.2) is 23.0 Å². The molecule has 0 heterocycles. The summed E-state index contributed by atoms with van der Waals surface area (Å²) < 4.78 is 0. The van der Waals surface area contributed by atoms with Crippen LogP contribution in [0.4, 0.5) is 0 Å². The summed E-state index contributed by atoms with van der Waals surface area (Å²) in [7, 11) is 0. The fourth-order valence-electron chi connectivity index (χ4n) is 0.930. The van der Waals surface area contributed by atoms with Gasteiger partial charge in [-0.1, -0.05) is 6.08 Å². The van der Waals surface area contributed by atoms with Gasteiger partial charge in [0.25, 0.3) is 0 Å². The third kappa shape index (κ3) is 4.56. The third-order valence-corrected chi connectivity index (χ3v) is 1.92. The molecule has 0 aliphatic carbocycles. The van der Waals surface area contributed by atoms with Gasteiger partial charge in [-0.3, -0.25) is 5.43 Å². The Kier molecular flexibility index (Phi) is 5.01. The van der Waals surface area contributed by atoms with Crippen LogP contribution in [0.15, 0.2) is 42.0 Å². The number of hydrogen-bond acceptors (Lipinski definition) is 3. The number of hydrogen-bond donors (Lipinski definition) is 3. The second-order valence-electron chi connectivity index (χ2n) is 2.96. The first-order valence-electron chi connectivity index (χ1n) is 4.69. The van der Waals surface area contributed by atoms with Crippen molar-refractivity contribution in [2.24, 2.45) is 5.10 Å². The van der Waals surface area contributed by atoms with E-state index < -0.39 is 0 Å². The molecule has 0 saturated carbocycles. The summed E-state index contributed by atoms with van der Waals surface area (Å²) in [6.07, 6.45) is 3.32. The smallest absolute Gasteiger partial charge is 0.187 e. The maximum Gasteiger partial charge on any atom is 0.187 e. The summed E-state index contributed by atoms with van der Waals surface area (Å²) in [5.41, 5.74) is 3.53. The first-order valence-corrected chi connectivity index (χ1v) is 5.10. The van der Waals surface area contributed by atoms with Gasteiger partial charge >= 0.3 is 0 Å². The minimum absolute atomic E-state index is 0.230. The van der Waals surface area contributed by atoms with Crippen LogP contribution in [0.3, 0.4) is 0 Å². The molecule has 84 valence electrons. The predicted octanol–water partition coefficient (Wildman–Crippen LogP) is 1.38. The zero-order chi connectivity index (χ0) is 11.8. The van der Waals surface area contributed by atoms with E-state index in [2.05, 4.69) is 22.4 Å². The Balaban J connectivity index is 2.39. The summed E-state index contributed by atoms with van der Waals surface area (Å²) in [5.74, 6) is 0.230. The maximum absolute atomic E-state index is 9.07. The molecule has 0 amide bonds. The Morgan fingerprint density at radius 1 is 1.44 bits per heavy atom. The average molecular weight is 235 g/mol. The maximum atomic E-state index is 9.07. The van der Waals surface area contributed by atoms with E-state index in [0.717, 1.165) is 5.56 Å². The van der Waals surface area contributed by atoms with Gasteiger partial charge in [-0.25, -0.2) is 0 Å². The van der Waals surface area contributed by atoms with Gasteiger partial charge in [0.2, 0.25) is 0 Å². The van der Waals surface area contributed by atoms with Crippen LogP contribution in [0.5, 0.6) is 5.75 Å². The van der Waals surface area contributed by atoms with Gasteiger partial charge in [-0.2, -0.15) is 5.10 Å². The van der Waals surface area contributed by atoms with Crippen molar-refractivity contribution in [3.05, 3.63) is 42.5 Å². The number of nitrogens with one attached hydrogen (secondary N) is 2. The van der Waals surface area contributed by atoms with Gasteiger partial charge in [0.05, 0.1) is 6.21 Å². The zero-order valence-electron chi connectivity index (χ0n) is 8.68. The molecule has 5 heteroatoms. The summed E-state index contributed by atoms with van der Waals surface area (Å²) >= 11 is 4.93. The molecule has 0 unspecified atom stereocenters. The minimum Gasteiger partial charge on any atom is -0.508 e. The Morgan fingerprint density at radius 2 is 2.12 bits per heavy atom. The fraction of sp³-hybridized carbons (Fsp3) is 0.0909. The van der Waals surface area contributed by atoms with Gasteiger partial charge in [0.15, 0.2) is 5.11 Å². The van der Waals surface area contributed by atoms with Crippen molar-refractivity contribution in [2.75, 3.05) is 6.54 Å². The number of thiocarbonyl (C=S) groups is 1. The van der Waals surface area contributed by atoms with Gasteiger partial charge in [-0.05, 0) is 42.0 Å². The summed E-state index contributed by atoms with van der Waals surface area (Å²) in [6.45, 7) is 4.15. The van der Waals surface area contributed by atoms with Crippen LogP contribution in [0.2, 0.25) is 0 Å². The Morgan fingerprint density at radius 3 is 2.75 bits per heavy atom. The molecule has 0 aromatic heterocycles. The molecule has 0 saturated heterocycles. The van der Waals surface area contributed by atoms with E-state index in [1.165, 1.54) is 0 Å². The van der Waals surface area contributed by atoms with Crippen LogP contribution in [0.25, 0.3) is 0 Å². The first-order chi connectivity index (χ1) is 7.72. The van der Waals surface area contributed by atoms with Gasteiger partial charge in [0, 0.05) is 6.54 Å². The van der Waals surface area contributed by atoms with Gasteiger partial charge < -0.3 is 10.4 Å². The second kappa shape index (κ2) is 6.58. The van der Waals surface area contributed by atoms with Crippen molar-refractivity contribution in [1.29, 1.82) is 0 Å². The van der Waals surface area contributed by atoms with Gasteiger partial charge in [0.1, 0.15) is 5.75 Å². The highest BCUT2D eigenvalue weighted by Crippen LogP contribution is 2.07. The molecular formula is C11H13N3OS. The lowest BCUT2D eigenvalue weighted by atomic mass is 10.2. The predicted molar refractivity (Wildman–Crippen MR) is 69.6 cm³/mol. The Labute approximate surface area is 99.7 Å². The molecule has 0 spiro atoms. The monoisotopic (exact) mass is 235 g/mol. The number of phenolic OH excluding ortho intramolecular Hbond substituents is 1. The molecule has 0 radical (unpaired) electrons. The second-order valence-corrected chi connectivity index (χ2v) is 3.37. The van der Waals surface area contributed by atoms with Crippen LogP contribution in [0.1, 0.15) is 5.56 Å². The molecule has 16 heavy (non-hydrogen) atoms. The van der Waals surface area contributed by atoms with Crippen molar-refractivity contribution >= 4 is 23.5 Å². The number of hydrazone groups is 1. The highest BCUT2D eigenvalue weighted by Gasteiger charge is 1.90. The number of benzene rings is 1. The van der Waals surface area contributed by atoms with Crippen LogP contribution >= 0.6 is 12.2 Å². The normalized spacial score (nSPS) is 10.0. The number of nitrogens with zero attached hydrogens (tertiary/aromatic N) is 1. The lowest BCUT2D eigenvalue weighted by Gasteiger charge is -2.02. The van der Waals surface area contributed by atoms with Crippen molar-refractivity contribution in [1.82, 2.24) is 10.7 Å². The van der Waals surface area contributed by atoms with Crippen LogP contribution in [-0.2, 0) is 0 Å². The number of rotatable bonds is 4. The Bertz CT molecular complexity index is 387. The molecule has 0 aliphatic rings. The SMILES string of the molecule is C=CCNC(=S)N/N=C\c1ccc(O)cc1. The molecule has 1 aromatic carbocycles. The fourth-order valence-corrected chi connectivity index (χ4v) is 1.07. The lowest BCUT2D eigenvalue weighted by molar-refractivity contribution is 0.475. The molecule has 4 nitrogen and oxygen atoms in total. The first kappa shape index (κ1) is 12.2. The molecule has 1 rings (SSSR count). The highest BCUT2D eigenvalue weighted by atomic mass is 32.1.